The lowest BCUT2D eigenvalue weighted by molar-refractivity contribution is -0.154. The van der Waals surface area contributed by atoms with Crippen LogP contribution in [0, 0.1) is 0 Å². The molecule has 9 heteroatoms. The highest BCUT2D eigenvalue weighted by molar-refractivity contribution is 7.47. The predicted molar refractivity (Wildman–Crippen MR) is 242 cm³/mol. The number of hydrogen-bond donors (Lipinski definition) is 2. The predicted octanol–water partition coefficient (Wildman–Crippen LogP) is 13.9. The van der Waals surface area contributed by atoms with Crippen molar-refractivity contribution in [2.45, 2.75) is 193 Å². The van der Waals surface area contributed by atoms with Crippen LogP contribution in [-0.4, -0.2) is 49.9 Å². The third-order valence-electron chi connectivity index (χ3n) is 9.36. The van der Waals surface area contributed by atoms with Crippen molar-refractivity contribution in [3.8, 4) is 0 Å². The molecule has 0 fully saturated rings. The summed E-state index contributed by atoms with van der Waals surface area (Å²) in [5.74, 6) is -0.364. The molecule has 0 aromatic heterocycles. The average molecular weight is 820 g/mol. The van der Waals surface area contributed by atoms with E-state index in [2.05, 4.69) is 86.8 Å². The van der Waals surface area contributed by atoms with Crippen LogP contribution in [0.2, 0.25) is 0 Å². The van der Waals surface area contributed by atoms with E-state index in [0.29, 0.717) is 13.0 Å². The van der Waals surface area contributed by atoms with Gasteiger partial charge >= 0.3 is 13.8 Å². The molecule has 0 aromatic carbocycles. The van der Waals surface area contributed by atoms with Gasteiger partial charge in [-0.2, -0.15) is 0 Å². The van der Waals surface area contributed by atoms with E-state index >= 15 is 0 Å². The maximum atomic E-state index is 12.6. The summed E-state index contributed by atoms with van der Waals surface area (Å²) in [6.07, 6.45) is 56.4. The first-order valence-electron chi connectivity index (χ1n) is 22.9. The molecular formula is C48H86NO7P. The van der Waals surface area contributed by atoms with Crippen LogP contribution >= 0.6 is 7.82 Å². The zero-order chi connectivity index (χ0) is 41.6. The number of hydrogen-bond acceptors (Lipinski definition) is 7. The van der Waals surface area contributed by atoms with E-state index in [1.165, 1.54) is 96.3 Å². The molecule has 2 unspecified atom stereocenters. The minimum absolute atomic E-state index is 0.0908. The largest absolute Gasteiger partial charge is 0.472 e. The molecule has 0 aliphatic heterocycles. The molecular weight excluding hydrogens is 734 g/mol. The fourth-order valence-corrected chi connectivity index (χ4v) is 6.78. The van der Waals surface area contributed by atoms with Crippen molar-refractivity contribution in [2.24, 2.45) is 5.73 Å². The van der Waals surface area contributed by atoms with Crippen LogP contribution in [0.3, 0.4) is 0 Å². The Morgan fingerprint density at radius 3 is 1.49 bits per heavy atom. The maximum absolute atomic E-state index is 12.6. The standard InChI is InChI=1S/C48H86NO7P/c1-3-5-7-9-11-13-15-17-19-21-23-25-27-29-31-33-35-37-39-41-48(50)56-47(46-55-57(51,52)54-44-42-49)45-53-43-40-38-36-34-32-30-28-26-24-22-20-18-16-14-12-10-8-6-4-2/h5,7,11,13,17,19-20,22-23,25,29,31,47H,3-4,6,8-10,12,14-16,18,21,24,26-28,30,32-46,49H2,1-2H3,(H,51,52)/b7-5-,13-11-,19-17-,22-20-,25-23-,31-29-. The molecule has 8 nitrogen and oxygen atoms in total. The lowest BCUT2D eigenvalue weighted by atomic mass is 10.1. The van der Waals surface area contributed by atoms with Crippen LogP contribution in [-0.2, 0) is 27.9 Å². The Morgan fingerprint density at radius 2 is 0.982 bits per heavy atom. The molecule has 0 aliphatic rings. The molecule has 0 radical (unpaired) electrons. The Bertz CT molecular complexity index is 1100. The summed E-state index contributed by atoms with van der Waals surface area (Å²) >= 11 is 0. The van der Waals surface area contributed by atoms with Crippen molar-refractivity contribution in [3.63, 3.8) is 0 Å². The fourth-order valence-electron chi connectivity index (χ4n) is 6.02. The first kappa shape index (κ1) is 54.9. The second-order valence-corrected chi connectivity index (χ2v) is 16.3. The summed E-state index contributed by atoms with van der Waals surface area (Å²) in [4.78, 5) is 22.5. The van der Waals surface area contributed by atoms with Crippen molar-refractivity contribution in [2.75, 3.05) is 33.0 Å². The quantitative estimate of drug-likeness (QED) is 0.0270. The summed E-state index contributed by atoms with van der Waals surface area (Å²) in [6, 6.07) is 0. The lowest BCUT2D eigenvalue weighted by Crippen LogP contribution is -2.28. The number of ether oxygens (including phenoxy) is 2. The summed E-state index contributed by atoms with van der Waals surface area (Å²) in [5.41, 5.74) is 5.37. The number of carbonyl (C=O) groups excluding carboxylic acids is 1. The van der Waals surface area contributed by atoms with Gasteiger partial charge in [-0.25, -0.2) is 4.57 Å². The second-order valence-electron chi connectivity index (χ2n) is 14.9. The van der Waals surface area contributed by atoms with E-state index < -0.39 is 13.9 Å². The number of phosphoric ester groups is 1. The molecule has 0 aromatic rings. The number of phosphoric acid groups is 1. The number of allylic oxidation sites excluding steroid dienone is 12. The van der Waals surface area contributed by atoms with E-state index in [1.807, 2.05) is 0 Å². The number of carbonyl (C=O) groups is 1. The molecule has 0 saturated heterocycles. The molecule has 57 heavy (non-hydrogen) atoms. The van der Waals surface area contributed by atoms with Gasteiger partial charge in [0.05, 0.1) is 19.8 Å². The molecule has 0 aliphatic carbocycles. The van der Waals surface area contributed by atoms with Crippen LogP contribution in [0.4, 0.5) is 0 Å². The Hall–Kier alpha value is -2.06. The smallest absolute Gasteiger partial charge is 0.457 e. The molecule has 0 rings (SSSR count). The van der Waals surface area contributed by atoms with Gasteiger partial charge in [-0.3, -0.25) is 13.8 Å². The summed E-state index contributed by atoms with van der Waals surface area (Å²) < 4.78 is 33.5. The van der Waals surface area contributed by atoms with Gasteiger partial charge in [-0.1, -0.05) is 170 Å². The van der Waals surface area contributed by atoms with E-state index in [0.717, 1.165) is 64.2 Å². The number of unbranched alkanes of at least 4 members (excludes halogenated alkanes) is 18. The van der Waals surface area contributed by atoms with Crippen molar-refractivity contribution in [3.05, 3.63) is 72.9 Å². The Kier molecular flexibility index (Phi) is 43.4. The number of rotatable bonds is 43. The first-order valence-corrected chi connectivity index (χ1v) is 24.4. The molecule has 0 heterocycles. The summed E-state index contributed by atoms with van der Waals surface area (Å²) in [5, 5.41) is 0. The molecule has 0 bridgehead atoms. The van der Waals surface area contributed by atoms with Crippen molar-refractivity contribution >= 4 is 13.8 Å². The van der Waals surface area contributed by atoms with E-state index in [1.54, 1.807) is 0 Å². The highest BCUT2D eigenvalue weighted by Crippen LogP contribution is 2.43. The van der Waals surface area contributed by atoms with Gasteiger partial charge in [0.1, 0.15) is 6.10 Å². The zero-order valence-corrected chi connectivity index (χ0v) is 37.4. The van der Waals surface area contributed by atoms with Crippen molar-refractivity contribution in [1.29, 1.82) is 0 Å². The fraction of sp³-hybridized carbons (Fsp3) is 0.729. The third-order valence-corrected chi connectivity index (χ3v) is 10.3. The monoisotopic (exact) mass is 820 g/mol. The number of esters is 1. The molecule has 3 N–H and O–H groups in total. The number of nitrogens with two attached hydrogens (primary N) is 1. The molecule has 0 saturated carbocycles. The summed E-state index contributed by atoms with van der Waals surface area (Å²) in [6.45, 7) is 4.75. The van der Waals surface area contributed by atoms with Crippen LogP contribution in [0.5, 0.6) is 0 Å². The van der Waals surface area contributed by atoms with Gasteiger partial charge in [0, 0.05) is 19.6 Å². The van der Waals surface area contributed by atoms with Gasteiger partial charge in [0.2, 0.25) is 0 Å². The van der Waals surface area contributed by atoms with Gasteiger partial charge < -0.3 is 20.1 Å². The second kappa shape index (κ2) is 45.0. The lowest BCUT2D eigenvalue weighted by Gasteiger charge is -2.20. The van der Waals surface area contributed by atoms with Gasteiger partial charge in [-0.15, -0.1) is 0 Å². The topological polar surface area (TPSA) is 117 Å². The van der Waals surface area contributed by atoms with Gasteiger partial charge in [0.25, 0.3) is 0 Å². The minimum atomic E-state index is -4.29. The first-order chi connectivity index (χ1) is 27.9. The van der Waals surface area contributed by atoms with Crippen molar-refractivity contribution < 1.29 is 32.8 Å². The molecule has 330 valence electrons. The van der Waals surface area contributed by atoms with E-state index in [-0.39, 0.29) is 38.8 Å². The SMILES string of the molecule is CC/C=C\C/C=C\C/C=C\C/C=C\C/C=C\CCCCCC(=O)OC(COCCCCCCCCCC/C=C\CCCCCCCCC)COP(=O)(O)OCCN. The third kappa shape index (κ3) is 44.9. The average Bonchev–Trinajstić information content (AvgIpc) is 3.20. The van der Waals surface area contributed by atoms with Crippen LogP contribution in [0.25, 0.3) is 0 Å². The van der Waals surface area contributed by atoms with E-state index in [4.69, 9.17) is 24.3 Å². The molecule has 0 spiro atoms. The Labute approximate surface area is 350 Å². The minimum Gasteiger partial charge on any atom is -0.457 e. The van der Waals surface area contributed by atoms with E-state index in [9.17, 15) is 14.3 Å². The maximum Gasteiger partial charge on any atom is 0.472 e. The van der Waals surface area contributed by atoms with Crippen LogP contribution in [0.1, 0.15) is 187 Å². The van der Waals surface area contributed by atoms with Crippen LogP contribution in [0.15, 0.2) is 72.9 Å². The summed E-state index contributed by atoms with van der Waals surface area (Å²) in [7, 11) is -4.29. The van der Waals surface area contributed by atoms with Crippen molar-refractivity contribution in [1.82, 2.24) is 0 Å². The zero-order valence-electron chi connectivity index (χ0n) is 36.6. The normalized spacial score (nSPS) is 14.1. The highest BCUT2D eigenvalue weighted by atomic mass is 31.2. The Balaban J connectivity index is 4.09. The van der Waals surface area contributed by atoms with Crippen LogP contribution < -0.4 is 5.73 Å². The molecule has 0 amide bonds. The van der Waals surface area contributed by atoms with Gasteiger partial charge in [-0.05, 0) is 83.5 Å². The highest BCUT2D eigenvalue weighted by Gasteiger charge is 2.25. The Morgan fingerprint density at radius 1 is 0.544 bits per heavy atom. The van der Waals surface area contributed by atoms with Gasteiger partial charge in [0.15, 0.2) is 0 Å². The molecule has 2 atom stereocenters.